The molecule has 0 aliphatic carbocycles. The normalized spacial score (nSPS) is 10.3. The van der Waals surface area contributed by atoms with Gasteiger partial charge in [0, 0.05) is 21.4 Å². The van der Waals surface area contributed by atoms with Gasteiger partial charge in [-0.15, -0.1) is 0 Å². The van der Waals surface area contributed by atoms with Crippen LogP contribution in [0.15, 0.2) is 46.9 Å². The molecule has 1 nitrogen and oxygen atoms in total. The fourth-order valence-electron chi connectivity index (χ4n) is 1.43. The third kappa shape index (κ3) is 3.30. The van der Waals surface area contributed by atoms with Gasteiger partial charge in [0.1, 0.15) is 17.3 Å². The average Bonchev–Trinajstić information content (AvgIpc) is 2.28. The number of rotatable bonds is 3. The monoisotopic (exact) mass is 358 g/mol. The van der Waals surface area contributed by atoms with E-state index in [1.807, 2.05) is 24.3 Å². The molecule has 2 rings (SSSR count). The molecule has 0 saturated heterocycles. The Balaban J connectivity index is 2.31. The minimum absolute atomic E-state index is 0.328. The third-order valence-corrected chi connectivity index (χ3v) is 3.24. The molecule has 0 amide bonds. The second kappa shape index (κ2) is 5.65. The molecule has 2 aromatic rings. The predicted molar refractivity (Wildman–Crippen MR) is 73.2 cm³/mol. The van der Waals surface area contributed by atoms with Crippen LogP contribution in [0.3, 0.4) is 0 Å². The summed E-state index contributed by atoms with van der Waals surface area (Å²) < 4.78 is 19.5. The molecule has 2 aromatic carbocycles. The molecule has 88 valence electrons. The fraction of sp³-hybridized carbons (Fsp3) is 0.0769. The van der Waals surface area contributed by atoms with E-state index in [2.05, 4.69) is 31.9 Å². The summed E-state index contributed by atoms with van der Waals surface area (Å²) in [6.07, 6.45) is 0. The van der Waals surface area contributed by atoms with Gasteiger partial charge in [0.05, 0.1) is 0 Å². The quantitative estimate of drug-likeness (QED) is 0.678. The van der Waals surface area contributed by atoms with E-state index in [1.165, 1.54) is 12.1 Å². The molecule has 0 spiro atoms. The van der Waals surface area contributed by atoms with Crippen molar-refractivity contribution < 1.29 is 9.13 Å². The molecule has 0 bridgehead atoms. The van der Waals surface area contributed by atoms with Crippen LogP contribution in [0.2, 0.25) is 0 Å². The average molecular weight is 360 g/mol. The Morgan fingerprint density at radius 2 is 1.88 bits per heavy atom. The molecular formula is C13H9Br2FO. The van der Waals surface area contributed by atoms with E-state index in [4.69, 9.17) is 4.74 Å². The molecule has 0 unspecified atom stereocenters. The Morgan fingerprint density at radius 1 is 1.12 bits per heavy atom. The van der Waals surface area contributed by atoms with Crippen LogP contribution < -0.4 is 4.74 Å². The summed E-state index contributed by atoms with van der Waals surface area (Å²) in [5.74, 6) is 0.873. The van der Waals surface area contributed by atoms with Crippen LogP contribution in [0.5, 0.6) is 11.5 Å². The molecule has 0 heterocycles. The smallest absolute Gasteiger partial charge is 0.131 e. The summed E-state index contributed by atoms with van der Waals surface area (Å²) >= 11 is 6.62. The molecule has 0 N–H and O–H groups in total. The topological polar surface area (TPSA) is 9.23 Å². The summed E-state index contributed by atoms with van der Waals surface area (Å²) in [6, 6.07) is 12.1. The van der Waals surface area contributed by atoms with Crippen LogP contribution in [0, 0.1) is 5.82 Å². The van der Waals surface area contributed by atoms with E-state index in [0.717, 1.165) is 11.3 Å². The largest absolute Gasteiger partial charge is 0.457 e. The van der Waals surface area contributed by atoms with Crippen molar-refractivity contribution in [2.75, 3.05) is 0 Å². The fourth-order valence-corrected chi connectivity index (χ4v) is 2.34. The first-order chi connectivity index (χ1) is 8.19. The van der Waals surface area contributed by atoms with Gasteiger partial charge in [-0.3, -0.25) is 0 Å². The van der Waals surface area contributed by atoms with E-state index < -0.39 is 0 Å². The first-order valence-corrected chi connectivity index (χ1v) is 6.88. The van der Waals surface area contributed by atoms with Crippen LogP contribution in [0.4, 0.5) is 4.39 Å². The lowest BCUT2D eigenvalue weighted by Gasteiger charge is -2.09. The maximum Gasteiger partial charge on any atom is 0.131 e. The van der Waals surface area contributed by atoms with Gasteiger partial charge < -0.3 is 4.74 Å². The number of hydrogen-bond acceptors (Lipinski definition) is 1. The lowest BCUT2D eigenvalue weighted by molar-refractivity contribution is 0.472. The number of ether oxygens (including phenoxy) is 1. The van der Waals surface area contributed by atoms with E-state index in [9.17, 15) is 4.39 Å². The third-order valence-electron chi connectivity index (χ3n) is 2.18. The highest BCUT2D eigenvalue weighted by Gasteiger charge is 2.05. The number of benzene rings is 2. The van der Waals surface area contributed by atoms with Gasteiger partial charge in [-0.25, -0.2) is 4.39 Å². The van der Waals surface area contributed by atoms with Crippen molar-refractivity contribution in [3.05, 3.63) is 58.3 Å². The van der Waals surface area contributed by atoms with Gasteiger partial charge in [-0.05, 0) is 18.2 Å². The van der Waals surface area contributed by atoms with E-state index in [1.54, 1.807) is 6.07 Å². The van der Waals surface area contributed by atoms with E-state index >= 15 is 0 Å². The van der Waals surface area contributed by atoms with Crippen LogP contribution >= 0.6 is 31.9 Å². The molecule has 0 atom stereocenters. The van der Waals surface area contributed by atoms with Crippen molar-refractivity contribution >= 4 is 31.9 Å². The summed E-state index contributed by atoms with van der Waals surface area (Å²) in [5.41, 5.74) is 1.02. The van der Waals surface area contributed by atoms with Crippen molar-refractivity contribution in [2.45, 2.75) is 5.33 Å². The van der Waals surface area contributed by atoms with Crippen molar-refractivity contribution in [3.63, 3.8) is 0 Å². The second-order valence-corrected chi connectivity index (χ2v) is 4.92. The zero-order valence-electron chi connectivity index (χ0n) is 8.79. The molecule has 0 fully saturated rings. The van der Waals surface area contributed by atoms with Crippen molar-refractivity contribution in [1.82, 2.24) is 0 Å². The summed E-state index contributed by atoms with van der Waals surface area (Å²) in [4.78, 5) is 0. The van der Waals surface area contributed by atoms with Gasteiger partial charge in [-0.1, -0.05) is 50.1 Å². The molecule has 17 heavy (non-hydrogen) atoms. The highest BCUT2D eigenvalue weighted by atomic mass is 79.9. The number of halogens is 3. The standard InChI is InChI=1S/C13H9Br2FO/c14-8-9-3-1-2-4-13(9)17-12-6-10(15)5-11(16)7-12/h1-7H,8H2. The minimum Gasteiger partial charge on any atom is -0.457 e. The maximum atomic E-state index is 13.2. The Labute approximate surface area is 116 Å². The number of hydrogen-bond donors (Lipinski definition) is 0. The summed E-state index contributed by atoms with van der Waals surface area (Å²) in [6.45, 7) is 0. The molecule has 0 radical (unpaired) electrons. The highest BCUT2D eigenvalue weighted by molar-refractivity contribution is 9.10. The maximum absolute atomic E-state index is 13.2. The highest BCUT2D eigenvalue weighted by Crippen LogP contribution is 2.29. The molecule has 0 aliphatic heterocycles. The molecule has 0 saturated carbocycles. The van der Waals surface area contributed by atoms with Gasteiger partial charge in [0.2, 0.25) is 0 Å². The number of para-hydroxylation sites is 1. The second-order valence-electron chi connectivity index (χ2n) is 3.45. The summed E-state index contributed by atoms with van der Waals surface area (Å²) in [5, 5.41) is 0.694. The van der Waals surface area contributed by atoms with E-state index in [-0.39, 0.29) is 5.82 Å². The van der Waals surface area contributed by atoms with Gasteiger partial charge >= 0.3 is 0 Å². The molecule has 0 aliphatic rings. The van der Waals surface area contributed by atoms with Gasteiger partial charge in [-0.2, -0.15) is 0 Å². The Hall–Kier alpha value is -0.870. The van der Waals surface area contributed by atoms with Crippen LogP contribution in [-0.4, -0.2) is 0 Å². The minimum atomic E-state index is -0.328. The number of alkyl halides is 1. The SMILES string of the molecule is Fc1cc(Br)cc(Oc2ccccc2CBr)c1. The molecule has 0 aromatic heterocycles. The Bertz CT molecular complexity index is 508. The van der Waals surface area contributed by atoms with Crippen molar-refractivity contribution in [3.8, 4) is 11.5 Å². The van der Waals surface area contributed by atoms with Crippen molar-refractivity contribution in [1.29, 1.82) is 0 Å². The van der Waals surface area contributed by atoms with E-state index in [0.29, 0.717) is 15.6 Å². The zero-order valence-corrected chi connectivity index (χ0v) is 12.0. The van der Waals surface area contributed by atoms with Crippen molar-refractivity contribution in [2.24, 2.45) is 0 Å². The van der Waals surface area contributed by atoms with Gasteiger partial charge in [0.15, 0.2) is 0 Å². The summed E-state index contributed by atoms with van der Waals surface area (Å²) in [7, 11) is 0. The molecular weight excluding hydrogens is 351 g/mol. The predicted octanol–water partition coefficient (Wildman–Crippen LogP) is 5.28. The van der Waals surface area contributed by atoms with Crippen LogP contribution in [0.1, 0.15) is 5.56 Å². The van der Waals surface area contributed by atoms with Gasteiger partial charge in [0.25, 0.3) is 0 Å². The van der Waals surface area contributed by atoms with Crippen LogP contribution in [0.25, 0.3) is 0 Å². The first-order valence-electron chi connectivity index (χ1n) is 4.97. The lowest BCUT2D eigenvalue weighted by Crippen LogP contribution is -1.90. The molecule has 4 heteroatoms. The van der Waals surface area contributed by atoms with Crippen LogP contribution in [-0.2, 0) is 5.33 Å². The first kappa shape index (κ1) is 12.6. The lowest BCUT2D eigenvalue weighted by atomic mass is 10.2. The zero-order chi connectivity index (χ0) is 12.3. The Morgan fingerprint density at radius 3 is 2.59 bits per heavy atom. The Kier molecular flexibility index (Phi) is 4.18.